The quantitative estimate of drug-likeness (QED) is 0.565. The number of carbonyl (C=O) groups is 1. The number of oxazole rings is 1. The summed E-state index contributed by atoms with van der Waals surface area (Å²) in [6, 6.07) is 10.9. The van der Waals surface area contributed by atoms with Gasteiger partial charge in [-0.3, -0.25) is 4.79 Å². The molecule has 0 aliphatic rings. The Bertz CT molecular complexity index is 976. The van der Waals surface area contributed by atoms with Gasteiger partial charge in [0.2, 0.25) is 5.89 Å². The Labute approximate surface area is 164 Å². The fraction of sp³-hybridized carbons (Fsp3) is 0.200. The molecule has 0 saturated heterocycles. The molecule has 0 aliphatic heterocycles. The molecule has 0 unspecified atom stereocenters. The molecule has 0 aliphatic carbocycles. The molecule has 27 heavy (non-hydrogen) atoms. The van der Waals surface area contributed by atoms with Crippen molar-refractivity contribution in [2.75, 3.05) is 13.7 Å². The number of halogens is 1. The monoisotopic (exact) mass is 431 g/mol. The van der Waals surface area contributed by atoms with Crippen LogP contribution >= 0.6 is 15.9 Å². The van der Waals surface area contributed by atoms with Crippen molar-refractivity contribution in [1.29, 1.82) is 0 Å². The maximum Gasteiger partial charge on any atom is 0.308 e. The van der Waals surface area contributed by atoms with E-state index in [0.717, 1.165) is 5.56 Å². The zero-order chi connectivity index (χ0) is 19.4. The average Bonchev–Trinajstić information content (AvgIpc) is 3.05. The molecule has 0 fully saturated rings. The molecule has 140 valence electrons. The zero-order valence-corrected chi connectivity index (χ0v) is 16.4. The predicted molar refractivity (Wildman–Crippen MR) is 106 cm³/mol. The van der Waals surface area contributed by atoms with E-state index in [1.807, 2.05) is 31.2 Å². The van der Waals surface area contributed by atoms with Crippen molar-refractivity contribution in [2.45, 2.75) is 13.3 Å². The fourth-order valence-corrected chi connectivity index (χ4v) is 3.32. The minimum absolute atomic E-state index is 0.222. The number of benzene rings is 2. The summed E-state index contributed by atoms with van der Waals surface area (Å²) in [6.45, 7) is 2.35. The first-order chi connectivity index (χ1) is 13.0. The van der Waals surface area contributed by atoms with Crippen molar-refractivity contribution < 1.29 is 23.8 Å². The molecular weight excluding hydrogens is 414 g/mol. The Morgan fingerprint density at radius 3 is 2.78 bits per heavy atom. The van der Waals surface area contributed by atoms with Crippen molar-refractivity contribution in [3.05, 3.63) is 52.3 Å². The number of aromatic nitrogens is 1. The highest BCUT2D eigenvalue weighted by Gasteiger charge is 2.16. The van der Waals surface area contributed by atoms with Crippen molar-refractivity contribution >= 4 is 44.6 Å². The lowest BCUT2D eigenvalue weighted by Crippen LogP contribution is -1.99. The molecule has 0 bridgehead atoms. The minimum Gasteiger partial charge on any atom is -0.492 e. The number of nitrogens with zero attached hydrogens (tertiary/aromatic N) is 1. The molecule has 1 heterocycles. The topological polar surface area (TPSA) is 81.8 Å². The largest absolute Gasteiger partial charge is 0.492 e. The number of ether oxygens (including phenoxy) is 2. The molecule has 0 atom stereocenters. The van der Waals surface area contributed by atoms with Crippen molar-refractivity contribution in [1.82, 2.24) is 4.98 Å². The minimum atomic E-state index is -0.971. The summed E-state index contributed by atoms with van der Waals surface area (Å²) >= 11 is 3.46. The second-order valence-corrected chi connectivity index (χ2v) is 6.55. The number of carboxylic acid groups (broad SMARTS) is 1. The number of aliphatic carboxylic acids is 1. The molecular formula is C20H18BrNO5. The van der Waals surface area contributed by atoms with E-state index in [2.05, 4.69) is 20.9 Å². The van der Waals surface area contributed by atoms with E-state index in [0.29, 0.717) is 39.3 Å². The van der Waals surface area contributed by atoms with E-state index in [9.17, 15) is 9.90 Å². The van der Waals surface area contributed by atoms with Gasteiger partial charge in [0.1, 0.15) is 5.52 Å². The van der Waals surface area contributed by atoms with Crippen LogP contribution in [0.25, 0.3) is 22.7 Å². The molecule has 6 nitrogen and oxygen atoms in total. The lowest BCUT2D eigenvalue weighted by atomic mass is 10.1. The third-order valence-corrected chi connectivity index (χ3v) is 4.38. The molecule has 1 aromatic heterocycles. The van der Waals surface area contributed by atoms with Gasteiger partial charge in [0.15, 0.2) is 17.1 Å². The second-order valence-electron chi connectivity index (χ2n) is 5.69. The molecule has 1 N–H and O–H groups in total. The van der Waals surface area contributed by atoms with Crippen LogP contribution in [0.4, 0.5) is 0 Å². The summed E-state index contributed by atoms with van der Waals surface area (Å²) in [7, 11) is 1.56. The van der Waals surface area contributed by atoms with Crippen LogP contribution in [0.1, 0.15) is 24.8 Å². The normalized spacial score (nSPS) is 11.6. The molecule has 3 rings (SSSR count). The molecule has 0 saturated carbocycles. The maximum absolute atomic E-state index is 11.4. The molecule has 7 heteroatoms. The standard InChI is InChI=1S/C20H18BrNO5/c1-3-26-17-10-12(9-14(21)19(17)25-2)8-13(11-18(23)24)20-22-15-6-4-5-7-16(15)27-20/h4-10H,3,11H2,1-2H3,(H,23,24)/b13-8-. The highest BCUT2D eigenvalue weighted by atomic mass is 79.9. The molecule has 0 radical (unpaired) electrons. The number of methoxy groups -OCH3 is 1. The van der Waals surface area contributed by atoms with Gasteiger partial charge in [-0.2, -0.15) is 0 Å². The van der Waals surface area contributed by atoms with E-state index < -0.39 is 5.97 Å². The summed E-state index contributed by atoms with van der Waals surface area (Å²) in [5, 5.41) is 9.31. The van der Waals surface area contributed by atoms with Gasteiger partial charge < -0.3 is 19.0 Å². The summed E-state index contributed by atoms with van der Waals surface area (Å²) in [4.78, 5) is 15.8. The summed E-state index contributed by atoms with van der Waals surface area (Å²) in [6.07, 6.45) is 1.51. The molecule has 0 spiro atoms. The number of hydrogen-bond donors (Lipinski definition) is 1. The molecule has 0 amide bonds. The van der Waals surface area contributed by atoms with Gasteiger partial charge in [-0.25, -0.2) is 4.98 Å². The van der Waals surface area contributed by atoms with E-state index >= 15 is 0 Å². The number of carboxylic acids is 1. The molecule has 2 aromatic carbocycles. The van der Waals surface area contributed by atoms with Crippen LogP contribution in [-0.4, -0.2) is 29.8 Å². The Balaban J connectivity index is 2.09. The fourth-order valence-electron chi connectivity index (χ4n) is 2.69. The van der Waals surface area contributed by atoms with E-state index in [4.69, 9.17) is 13.9 Å². The third kappa shape index (κ3) is 4.31. The van der Waals surface area contributed by atoms with Crippen LogP contribution < -0.4 is 9.47 Å². The van der Waals surface area contributed by atoms with Gasteiger partial charge in [-0.1, -0.05) is 12.1 Å². The summed E-state index contributed by atoms with van der Waals surface area (Å²) in [5.74, 6) is 0.452. The smallest absolute Gasteiger partial charge is 0.308 e. The van der Waals surface area contributed by atoms with Gasteiger partial charge >= 0.3 is 5.97 Å². The lowest BCUT2D eigenvalue weighted by Gasteiger charge is -2.12. The highest BCUT2D eigenvalue weighted by molar-refractivity contribution is 9.10. The summed E-state index contributed by atoms with van der Waals surface area (Å²) < 4.78 is 17.4. The maximum atomic E-state index is 11.4. The summed E-state index contributed by atoms with van der Waals surface area (Å²) in [5.41, 5.74) is 2.48. The average molecular weight is 432 g/mol. The lowest BCUT2D eigenvalue weighted by molar-refractivity contribution is -0.135. The second kappa shape index (κ2) is 8.26. The third-order valence-electron chi connectivity index (χ3n) is 3.79. The first-order valence-electron chi connectivity index (χ1n) is 8.30. The zero-order valence-electron chi connectivity index (χ0n) is 14.9. The number of para-hydroxylation sites is 2. The van der Waals surface area contributed by atoms with E-state index in [1.54, 1.807) is 25.3 Å². The van der Waals surface area contributed by atoms with Gasteiger partial charge in [0.05, 0.1) is 24.6 Å². The van der Waals surface area contributed by atoms with Crippen LogP contribution in [0.15, 0.2) is 45.3 Å². The van der Waals surface area contributed by atoms with Gasteiger partial charge in [-0.05, 0) is 58.8 Å². The van der Waals surface area contributed by atoms with Crippen LogP contribution in [0.5, 0.6) is 11.5 Å². The Morgan fingerprint density at radius 1 is 1.33 bits per heavy atom. The molecule has 3 aromatic rings. The van der Waals surface area contributed by atoms with Gasteiger partial charge in [0, 0.05) is 5.57 Å². The van der Waals surface area contributed by atoms with Gasteiger partial charge in [0.25, 0.3) is 0 Å². The highest BCUT2D eigenvalue weighted by Crippen LogP contribution is 2.38. The Morgan fingerprint density at radius 2 is 2.11 bits per heavy atom. The first-order valence-corrected chi connectivity index (χ1v) is 9.09. The first kappa shape index (κ1) is 19.0. The SMILES string of the molecule is CCOc1cc(/C=C(/CC(=O)O)c2nc3ccccc3o2)cc(Br)c1OC. The van der Waals surface area contributed by atoms with Crippen molar-refractivity contribution in [3.63, 3.8) is 0 Å². The van der Waals surface area contributed by atoms with E-state index in [1.165, 1.54) is 0 Å². The van der Waals surface area contributed by atoms with Crippen molar-refractivity contribution in [2.24, 2.45) is 0 Å². The number of hydrogen-bond acceptors (Lipinski definition) is 5. The predicted octanol–water partition coefficient (Wildman–Crippen LogP) is 5.01. The van der Waals surface area contributed by atoms with Crippen molar-refractivity contribution in [3.8, 4) is 11.5 Å². The Hall–Kier alpha value is -2.80. The Kier molecular flexibility index (Phi) is 5.81. The van der Waals surface area contributed by atoms with E-state index in [-0.39, 0.29) is 12.3 Å². The number of rotatable bonds is 7. The van der Waals surface area contributed by atoms with Crippen LogP contribution in [-0.2, 0) is 4.79 Å². The van der Waals surface area contributed by atoms with Crippen LogP contribution in [0, 0.1) is 0 Å². The number of fused-ring (bicyclic) bond motifs is 1. The van der Waals surface area contributed by atoms with Crippen LogP contribution in [0.3, 0.4) is 0 Å². The van der Waals surface area contributed by atoms with Gasteiger partial charge in [-0.15, -0.1) is 0 Å². The van der Waals surface area contributed by atoms with Crippen LogP contribution in [0.2, 0.25) is 0 Å².